The third kappa shape index (κ3) is 5.33. The summed E-state index contributed by atoms with van der Waals surface area (Å²) in [5, 5.41) is 9.31. The van der Waals surface area contributed by atoms with Crippen molar-refractivity contribution in [1.29, 1.82) is 0 Å². The van der Waals surface area contributed by atoms with Crippen molar-refractivity contribution in [3.8, 4) is 0 Å². The molecule has 0 bridgehead atoms. The molecular weight excluding hydrogens is 360 g/mol. The Morgan fingerprint density at radius 3 is 2.95 bits per heavy atom. The third-order valence-electron chi connectivity index (χ3n) is 2.19. The maximum absolute atomic E-state index is 12.0. The van der Waals surface area contributed by atoms with Gasteiger partial charge in [0, 0.05) is 24.3 Å². The van der Waals surface area contributed by atoms with Crippen molar-refractivity contribution < 1.29 is 18.3 Å². The standard InChI is InChI=1S/C10H14BrClN2O4S/c1-18-6-8(15)2-3-14-19(16,17)9-4-7(11)5-13-10(9)12/h4-5,8,14-15H,2-3,6H2,1H3. The average Bonchev–Trinajstić information content (AvgIpc) is 2.32. The second-order valence-corrected chi connectivity index (χ2v) is 6.75. The zero-order valence-corrected chi connectivity index (χ0v) is 13.3. The number of nitrogens with one attached hydrogen (secondary N) is 1. The van der Waals surface area contributed by atoms with E-state index in [-0.39, 0.29) is 29.6 Å². The van der Waals surface area contributed by atoms with Gasteiger partial charge < -0.3 is 9.84 Å². The Morgan fingerprint density at radius 2 is 2.32 bits per heavy atom. The molecule has 0 aromatic carbocycles. The number of aliphatic hydroxyl groups is 1. The maximum atomic E-state index is 12.0. The summed E-state index contributed by atoms with van der Waals surface area (Å²) in [6.45, 7) is 0.233. The number of pyridine rings is 1. The minimum absolute atomic E-state index is 0.0791. The molecule has 1 heterocycles. The number of aliphatic hydroxyl groups excluding tert-OH is 1. The molecule has 0 aliphatic carbocycles. The van der Waals surface area contributed by atoms with Gasteiger partial charge in [0.05, 0.1) is 12.7 Å². The molecule has 6 nitrogen and oxygen atoms in total. The Hall–Kier alpha value is -0.250. The molecule has 2 N–H and O–H groups in total. The fourth-order valence-corrected chi connectivity index (χ4v) is 3.30. The molecule has 19 heavy (non-hydrogen) atoms. The predicted molar refractivity (Wildman–Crippen MR) is 74.6 cm³/mol. The molecule has 0 aliphatic heterocycles. The molecule has 0 radical (unpaired) electrons. The van der Waals surface area contributed by atoms with E-state index in [1.165, 1.54) is 19.4 Å². The van der Waals surface area contributed by atoms with E-state index in [1.54, 1.807) is 0 Å². The maximum Gasteiger partial charge on any atom is 0.243 e. The number of hydrogen-bond donors (Lipinski definition) is 2. The van der Waals surface area contributed by atoms with E-state index in [9.17, 15) is 13.5 Å². The minimum Gasteiger partial charge on any atom is -0.391 e. The van der Waals surface area contributed by atoms with Crippen molar-refractivity contribution in [3.05, 3.63) is 21.9 Å². The largest absolute Gasteiger partial charge is 0.391 e. The van der Waals surface area contributed by atoms with Gasteiger partial charge in [0.15, 0.2) is 0 Å². The summed E-state index contributed by atoms with van der Waals surface area (Å²) in [5.41, 5.74) is 0. The summed E-state index contributed by atoms with van der Waals surface area (Å²) >= 11 is 8.88. The van der Waals surface area contributed by atoms with Crippen LogP contribution in [0, 0.1) is 0 Å². The SMILES string of the molecule is COCC(O)CCNS(=O)(=O)c1cc(Br)cnc1Cl. The van der Waals surface area contributed by atoms with Gasteiger partial charge in [0.1, 0.15) is 10.0 Å². The smallest absolute Gasteiger partial charge is 0.243 e. The van der Waals surface area contributed by atoms with E-state index < -0.39 is 16.1 Å². The Balaban J connectivity index is 2.68. The number of halogens is 2. The van der Waals surface area contributed by atoms with Gasteiger partial charge in [-0.3, -0.25) is 0 Å². The van der Waals surface area contributed by atoms with Crippen LogP contribution in [0.2, 0.25) is 5.15 Å². The topological polar surface area (TPSA) is 88.5 Å². The van der Waals surface area contributed by atoms with Gasteiger partial charge >= 0.3 is 0 Å². The first-order valence-corrected chi connectivity index (χ1v) is 8.00. The number of sulfonamides is 1. The fourth-order valence-electron chi connectivity index (χ4n) is 1.31. The van der Waals surface area contributed by atoms with E-state index in [0.29, 0.717) is 4.47 Å². The highest BCUT2D eigenvalue weighted by atomic mass is 79.9. The number of nitrogens with zero attached hydrogens (tertiary/aromatic N) is 1. The van der Waals surface area contributed by atoms with Crippen molar-refractivity contribution >= 4 is 37.6 Å². The highest BCUT2D eigenvalue weighted by Gasteiger charge is 2.19. The second kappa shape index (κ2) is 7.51. The lowest BCUT2D eigenvalue weighted by Gasteiger charge is -2.11. The lowest BCUT2D eigenvalue weighted by atomic mass is 10.3. The van der Waals surface area contributed by atoms with Gasteiger partial charge in [0.25, 0.3) is 0 Å². The third-order valence-corrected chi connectivity index (χ3v) is 4.51. The predicted octanol–water partition coefficient (Wildman–Crippen LogP) is 1.17. The Kier molecular flexibility index (Phi) is 6.64. The van der Waals surface area contributed by atoms with Crippen LogP contribution >= 0.6 is 27.5 Å². The van der Waals surface area contributed by atoms with Gasteiger partial charge in [0.2, 0.25) is 10.0 Å². The number of hydrogen-bond acceptors (Lipinski definition) is 5. The summed E-state index contributed by atoms with van der Waals surface area (Å²) in [6, 6.07) is 1.36. The van der Waals surface area contributed by atoms with Crippen LogP contribution in [-0.4, -0.2) is 44.9 Å². The Morgan fingerprint density at radius 1 is 1.63 bits per heavy atom. The van der Waals surface area contributed by atoms with Crippen LogP contribution in [0.4, 0.5) is 0 Å². The first-order valence-electron chi connectivity index (χ1n) is 5.34. The lowest BCUT2D eigenvalue weighted by Crippen LogP contribution is -2.29. The molecule has 1 rings (SSSR count). The van der Waals surface area contributed by atoms with Crippen molar-refractivity contribution in [3.63, 3.8) is 0 Å². The molecule has 0 aliphatic rings. The molecule has 0 spiro atoms. The van der Waals surface area contributed by atoms with Gasteiger partial charge in [-0.2, -0.15) is 0 Å². The van der Waals surface area contributed by atoms with Gasteiger partial charge in [-0.15, -0.1) is 0 Å². The molecule has 0 saturated carbocycles. The van der Waals surface area contributed by atoms with Crippen LogP contribution in [0.25, 0.3) is 0 Å². The minimum atomic E-state index is -3.75. The quantitative estimate of drug-likeness (QED) is 0.701. The molecular formula is C10H14BrClN2O4S. The van der Waals surface area contributed by atoms with E-state index in [1.807, 2.05) is 0 Å². The molecule has 1 unspecified atom stereocenters. The lowest BCUT2D eigenvalue weighted by molar-refractivity contribution is 0.0603. The molecule has 0 saturated heterocycles. The summed E-state index contributed by atoms with van der Waals surface area (Å²) < 4.78 is 31.5. The monoisotopic (exact) mass is 372 g/mol. The van der Waals surface area contributed by atoms with Crippen LogP contribution in [0.15, 0.2) is 21.6 Å². The van der Waals surface area contributed by atoms with Crippen LogP contribution < -0.4 is 4.72 Å². The second-order valence-electron chi connectivity index (χ2n) is 3.74. The number of rotatable bonds is 7. The summed E-state index contributed by atoms with van der Waals surface area (Å²) in [5.74, 6) is 0. The molecule has 0 amide bonds. The zero-order chi connectivity index (χ0) is 14.5. The molecule has 108 valence electrons. The van der Waals surface area contributed by atoms with Gasteiger partial charge in [-0.1, -0.05) is 11.6 Å². The summed E-state index contributed by atoms with van der Waals surface area (Å²) in [4.78, 5) is 3.64. The van der Waals surface area contributed by atoms with E-state index in [0.717, 1.165) is 0 Å². The van der Waals surface area contributed by atoms with Crippen molar-refractivity contribution in [1.82, 2.24) is 9.71 Å². The molecule has 1 aromatic heterocycles. The molecule has 1 atom stereocenters. The van der Waals surface area contributed by atoms with Crippen LogP contribution in [-0.2, 0) is 14.8 Å². The van der Waals surface area contributed by atoms with Crippen LogP contribution in [0.1, 0.15) is 6.42 Å². The van der Waals surface area contributed by atoms with E-state index in [4.69, 9.17) is 16.3 Å². The normalized spacial score (nSPS) is 13.5. The first kappa shape index (κ1) is 16.8. The van der Waals surface area contributed by atoms with Gasteiger partial charge in [-0.25, -0.2) is 18.1 Å². The van der Waals surface area contributed by atoms with Crippen molar-refractivity contribution in [2.45, 2.75) is 17.4 Å². The van der Waals surface area contributed by atoms with E-state index in [2.05, 4.69) is 25.6 Å². The van der Waals surface area contributed by atoms with Crippen molar-refractivity contribution in [2.24, 2.45) is 0 Å². The van der Waals surface area contributed by atoms with Crippen LogP contribution in [0.5, 0.6) is 0 Å². The Bertz CT molecular complexity index is 526. The summed E-state index contributed by atoms with van der Waals surface area (Å²) in [7, 11) is -2.29. The number of aromatic nitrogens is 1. The van der Waals surface area contributed by atoms with Crippen LogP contribution in [0.3, 0.4) is 0 Å². The fraction of sp³-hybridized carbons (Fsp3) is 0.500. The first-order chi connectivity index (χ1) is 8.86. The highest BCUT2D eigenvalue weighted by molar-refractivity contribution is 9.10. The average molecular weight is 374 g/mol. The molecule has 0 fully saturated rings. The number of methoxy groups -OCH3 is 1. The van der Waals surface area contributed by atoms with E-state index >= 15 is 0 Å². The zero-order valence-electron chi connectivity index (χ0n) is 10.1. The van der Waals surface area contributed by atoms with Gasteiger partial charge in [-0.05, 0) is 28.4 Å². The number of ether oxygens (including phenoxy) is 1. The Labute approximate surface area is 125 Å². The highest BCUT2D eigenvalue weighted by Crippen LogP contribution is 2.22. The summed E-state index contributed by atoms with van der Waals surface area (Å²) in [6.07, 6.45) is 0.930. The molecule has 9 heteroatoms. The molecule has 1 aromatic rings. The van der Waals surface area contributed by atoms with Crippen molar-refractivity contribution in [2.75, 3.05) is 20.3 Å².